The maximum Gasteiger partial charge on any atom is 0.242 e. The molecule has 174 valence electrons. The van der Waals surface area contributed by atoms with Crippen molar-refractivity contribution in [3.05, 3.63) is 89.4 Å². The van der Waals surface area contributed by atoms with E-state index in [9.17, 15) is 9.59 Å². The van der Waals surface area contributed by atoms with E-state index in [4.69, 9.17) is 16.3 Å². The monoisotopic (exact) mass is 493 g/mol. The first kappa shape index (κ1) is 23.9. The third-order valence-electron chi connectivity index (χ3n) is 5.26. The summed E-state index contributed by atoms with van der Waals surface area (Å²) in [5, 5.41) is 3.45. The molecule has 3 aromatic rings. The summed E-state index contributed by atoms with van der Waals surface area (Å²) in [4.78, 5) is 32.3. The maximum absolute atomic E-state index is 13.3. The van der Waals surface area contributed by atoms with E-state index < -0.39 is 5.25 Å². The second-order valence-electron chi connectivity index (χ2n) is 7.69. The van der Waals surface area contributed by atoms with Crippen LogP contribution in [0.15, 0.2) is 83.9 Å². The van der Waals surface area contributed by atoms with E-state index in [1.165, 1.54) is 11.8 Å². The lowest BCUT2D eigenvalue weighted by Crippen LogP contribution is -2.35. The van der Waals surface area contributed by atoms with E-state index >= 15 is 0 Å². The molecule has 2 amide bonds. The molecule has 6 nitrogen and oxygen atoms in total. The predicted octanol–water partition coefficient (Wildman–Crippen LogP) is 5.55. The minimum atomic E-state index is -0.549. The topological polar surface area (TPSA) is 71.0 Å². The quantitative estimate of drug-likeness (QED) is 0.446. The molecule has 0 aliphatic carbocycles. The SMILES string of the molecule is COc1ccc(NC(=O)C[C@H]2SC(=Nc3cccc(Cl)c3)N(CCc3ccccc3)C2=O)cc1. The van der Waals surface area contributed by atoms with E-state index in [0.717, 1.165) is 5.56 Å². The van der Waals surface area contributed by atoms with Crippen LogP contribution in [0.1, 0.15) is 12.0 Å². The number of aliphatic imine (C=N–C) groups is 1. The van der Waals surface area contributed by atoms with Crippen LogP contribution in [0.2, 0.25) is 5.02 Å². The van der Waals surface area contributed by atoms with Crippen molar-refractivity contribution in [2.45, 2.75) is 18.1 Å². The molecule has 1 N–H and O–H groups in total. The van der Waals surface area contributed by atoms with Gasteiger partial charge in [-0.25, -0.2) is 4.99 Å². The van der Waals surface area contributed by atoms with Gasteiger partial charge in [-0.3, -0.25) is 14.5 Å². The average molecular weight is 494 g/mol. The zero-order valence-electron chi connectivity index (χ0n) is 18.6. The summed E-state index contributed by atoms with van der Waals surface area (Å²) in [6.45, 7) is 0.478. The highest BCUT2D eigenvalue weighted by molar-refractivity contribution is 8.15. The highest BCUT2D eigenvalue weighted by atomic mass is 35.5. The summed E-state index contributed by atoms with van der Waals surface area (Å²) in [6, 6.07) is 24.2. The number of thioether (sulfide) groups is 1. The van der Waals surface area contributed by atoms with Gasteiger partial charge in [0, 0.05) is 23.7 Å². The molecule has 0 unspecified atom stereocenters. The van der Waals surface area contributed by atoms with E-state index in [1.54, 1.807) is 48.4 Å². The standard InChI is InChI=1S/C26H24ClN3O3S/c1-33-22-12-10-20(11-13-22)28-24(31)17-23-25(32)30(15-14-18-6-3-2-4-7-18)26(34-23)29-21-9-5-8-19(27)16-21/h2-13,16,23H,14-15,17H2,1H3,(H,28,31)/t23-/m1/s1. The summed E-state index contributed by atoms with van der Waals surface area (Å²) < 4.78 is 5.14. The lowest BCUT2D eigenvalue weighted by atomic mass is 10.1. The number of benzene rings is 3. The number of anilines is 1. The van der Waals surface area contributed by atoms with Crippen molar-refractivity contribution >= 4 is 51.7 Å². The van der Waals surface area contributed by atoms with E-state index in [2.05, 4.69) is 10.3 Å². The Labute approximate surface area is 208 Å². The van der Waals surface area contributed by atoms with Gasteiger partial charge in [-0.05, 0) is 54.4 Å². The Hall–Kier alpha value is -3.29. The fourth-order valence-electron chi connectivity index (χ4n) is 3.53. The minimum Gasteiger partial charge on any atom is -0.497 e. The van der Waals surface area contributed by atoms with Crippen LogP contribution < -0.4 is 10.1 Å². The molecule has 1 fully saturated rings. The first-order valence-corrected chi connectivity index (χ1v) is 12.1. The van der Waals surface area contributed by atoms with E-state index in [-0.39, 0.29) is 18.2 Å². The molecule has 3 aromatic carbocycles. The number of methoxy groups -OCH3 is 1. The molecule has 0 bridgehead atoms. The largest absolute Gasteiger partial charge is 0.497 e. The normalized spacial score (nSPS) is 16.6. The number of nitrogens with one attached hydrogen (secondary N) is 1. The summed E-state index contributed by atoms with van der Waals surface area (Å²) in [7, 11) is 1.59. The number of carbonyl (C=O) groups is 2. The number of amidine groups is 1. The van der Waals surface area contributed by atoms with Gasteiger partial charge >= 0.3 is 0 Å². The van der Waals surface area contributed by atoms with Crippen LogP contribution in [-0.4, -0.2) is 40.8 Å². The van der Waals surface area contributed by atoms with Crippen molar-refractivity contribution in [3.8, 4) is 5.75 Å². The van der Waals surface area contributed by atoms with Gasteiger partial charge in [0.15, 0.2) is 5.17 Å². The van der Waals surface area contributed by atoms with Crippen LogP contribution in [0.4, 0.5) is 11.4 Å². The van der Waals surface area contributed by atoms with Gasteiger partial charge in [-0.2, -0.15) is 0 Å². The Morgan fingerprint density at radius 2 is 1.85 bits per heavy atom. The van der Waals surface area contributed by atoms with Crippen molar-refractivity contribution in [2.24, 2.45) is 4.99 Å². The van der Waals surface area contributed by atoms with Crippen molar-refractivity contribution in [1.82, 2.24) is 4.90 Å². The van der Waals surface area contributed by atoms with Gasteiger partial charge in [-0.1, -0.05) is 59.8 Å². The van der Waals surface area contributed by atoms with Crippen LogP contribution >= 0.6 is 23.4 Å². The molecule has 0 aromatic heterocycles. The third kappa shape index (κ3) is 6.18. The second-order valence-corrected chi connectivity index (χ2v) is 9.29. The molecule has 8 heteroatoms. The average Bonchev–Trinajstić information content (AvgIpc) is 3.12. The number of halogens is 1. The Bertz CT molecular complexity index is 1190. The van der Waals surface area contributed by atoms with E-state index in [0.29, 0.717) is 40.3 Å². The molecule has 0 radical (unpaired) electrons. The molecule has 1 heterocycles. The number of carbonyl (C=O) groups excluding carboxylic acids is 2. The fraction of sp³-hybridized carbons (Fsp3) is 0.192. The number of nitrogens with zero attached hydrogens (tertiary/aromatic N) is 2. The first-order valence-electron chi connectivity index (χ1n) is 10.8. The Morgan fingerprint density at radius 3 is 2.56 bits per heavy atom. The molecule has 0 saturated carbocycles. The third-order valence-corrected chi connectivity index (χ3v) is 6.67. The summed E-state index contributed by atoms with van der Waals surface area (Å²) >= 11 is 7.42. The van der Waals surface area contributed by atoms with Crippen molar-refractivity contribution < 1.29 is 14.3 Å². The highest BCUT2D eigenvalue weighted by Crippen LogP contribution is 2.32. The van der Waals surface area contributed by atoms with Gasteiger partial charge in [0.25, 0.3) is 0 Å². The number of hydrogen-bond acceptors (Lipinski definition) is 5. The zero-order chi connectivity index (χ0) is 23.9. The molecule has 1 atom stereocenters. The van der Waals surface area contributed by atoms with Crippen molar-refractivity contribution in [2.75, 3.05) is 19.0 Å². The molecular weight excluding hydrogens is 470 g/mol. The van der Waals surface area contributed by atoms with Crippen molar-refractivity contribution in [1.29, 1.82) is 0 Å². The highest BCUT2D eigenvalue weighted by Gasteiger charge is 2.39. The van der Waals surface area contributed by atoms with Crippen molar-refractivity contribution in [3.63, 3.8) is 0 Å². The van der Waals surface area contributed by atoms with Gasteiger partial charge in [0.2, 0.25) is 11.8 Å². The van der Waals surface area contributed by atoms with Gasteiger partial charge < -0.3 is 10.1 Å². The first-order chi connectivity index (χ1) is 16.5. The lowest BCUT2D eigenvalue weighted by molar-refractivity contribution is -0.128. The number of rotatable bonds is 8. The summed E-state index contributed by atoms with van der Waals surface area (Å²) in [5.41, 5.74) is 2.44. The van der Waals surface area contributed by atoms with Crippen LogP contribution in [0, 0.1) is 0 Å². The molecule has 34 heavy (non-hydrogen) atoms. The van der Waals surface area contributed by atoms with Gasteiger partial charge in [0.05, 0.1) is 12.8 Å². The van der Waals surface area contributed by atoms with E-state index in [1.807, 2.05) is 42.5 Å². The molecule has 0 spiro atoms. The molecular formula is C26H24ClN3O3S. The van der Waals surface area contributed by atoms with Gasteiger partial charge in [-0.15, -0.1) is 0 Å². The van der Waals surface area contributed by atoms with Crippen LogP contribution in [0.5, 0.6) is 5.75 Å². The Kier molecular flexibility index (Phi) is 7.87. The molecule has 1 aliphatic heterocycles. The number of ether oxygens (including phenoxy) is 1. The Morgan fingerprint density at radius 1 is 1.09 bits per heavy atom. The maximum atomic E-state index is 13.3. The van der Waals surface area contributed by atoms with Crippen LogP contribution in [0.3, 0.4) is 0 Å². The Balaban J connectivity index is 1.48. The summed E-state index contributed by atoms with van der Waals surface area (Å²) in [5.74, 6) is 0.352. The molecule has 4 rings (SSSR count). The second kappa shape index (κ2) is 11.2. The molecule has 1 saturated heterocycles. The molecule has 1 aliphatic rings. The van der Waals surface area contributed by atoms with Crippen LogP contribution in [-0.2, 0) is 16.0 Å². The lowest BCUT2D eigenvalue weighted by Gasteiger charge is -2.16. The smallest absolute Gasteiger partial charge is 0.242 e. The predicted molar refractivity (Wildman–Crippen MR) is 138 cm³/mol. The van der Waals surface area contributed by atoms with Crippen LogP contribution in [0.25, 0.3) is 0 Å². The fourth-order valence-corrected chi connectivity index (χ4v) is 4.90. The van der Waals surface area contributed by atoms with Gasteiger partial charge in [0.1, 0.15) is 11.0 Å². The number of amides is 2. The zero-order valence-corrected chi connectivity index (χ0v) is 20.2. The minimum absolute atomic E-state index is 0.0476. The number of hydrogen-bond donors (Lipinski definition) is 1. The summed E-state index contributed by atoms with van der Waals surface area (Å²) in [6.07, 6.45) is 0.735.